The highest BCUT2D eigenvalue weighted by Crippen LogP contribution is 2.34. The van der Waals surface area contributed by atoms with Crippen LogP contribution in [0, 0.1) is 0 Å². The van der Waals surface area contributed by atoms with Crippen molar-refractivity contribution < 1.29 is 14.2 Å². The SMILES string of the molecule is COc1ccc(-c2nnc(-c3ccc(Oc4ccc(-c5nnc(-c6ccc(OC)cc6)s5)cc4)cc3)s2)cc1. The van der Waals surface area contributed by atoms with Crippen molar-refractivity contribution >= 4 is 22.7 Å². The van der Waals surface area contributed by atoms with Crippen molar-refractivity contribution in [3.8, 4) is 65.3 Å². The molecular formula is C30H22N4O3S2. The molecule has 0 fully saturated rings. The third kappa shape index (κ3) is 5.50. The summed E-state index contributed by atoms with van der Waals surface area (Å²) in [6.07, 6.45) is 0. The topological polar surface area (TPSA) is 79.3 Å². The first-order valence-electron chi connectivity index (χ1n) is 12.0. The zero-order chi connectivity index (χ0) is 26.6. The molecular weight excluding hydrogens is 528 g/mol. The van der Waals surface area contributed by atoms with Crippen LogP contribution in [0.4, 0.5) is 0 Å². The Kier molecular flexibility index (Phi) is 6.99. The molecule has 0 aliphatic carbocycles. The first-order chi connectivity index (χ1) is 19.2. The van der Waals surface area contributed by atoms with Crippen LogP contribution >= 0.6 is 22.7 Å². The van der Waals surface area contributed by atoms with E-state index in [9.17, 15) is 0 Å². The monoisotopic (exact) mass is 550 g/mol. The number of nitrogens with zero attached hydrogens (tertiary/aromatic N) is 4. The Morgan fingerprint density at radius 3 is 0.897 bits per heavy atom. The minimum atomic E-state index is 0.740. The van der Waals surface area contributed by atoms with Gasteiger partial charge in [0.05, 0.1) is 14.2 Å². The number of hydrogen-bond acceptors (Lipinski definition) is 9. The third-order valence-corrected chi connectivity index (χ3v) is 8.00. The molecule has 4 aromatic carbocycles. The van der Waals surface area contributed by atoms with Gasteiger partial charge in [-0.2, -0.15) is 0 Å². The summed E-state index contributed by atoms with van der Waals surface area (Å²) in [5.74, 6) is 3.11. The van der Waals surface area contributed by atoms with E-state index < -0.39 is 0 Å². The maximum Gasteiger partial charge on any atom is 0.148 e. The van der Waals surface area contributed by atoms with Crippen molar-refractivity contribution in [2.75, 3.05) is 14.2 Å². The second kappa shape index (κ2) is 11.0. The van der Waals surface area contributed by atoms with Crippen molar-refractivity contribution in [2.45, 2.75) is 0 Å². The molecule has 6 rings (SSSR count). The first-order valence-corrected chi connectivity index (χ1v) is 13.7. The minimum absolute atomic E-state index is 0.740. The highest BCUT2D eigenvalue weighted by molar-refractivity contribution is 7.18. The maximum absolute atomic E-state index is 6.06. The number of ether oxygens (including phenoxy) is 3. The summed E-state index contributed by atoms with van der Waals surface area (Å²) >= 11 is 3.09. The highest BCUT2D eigenvalue weighted by atomic mass is 32.1. The Morgan fingerprint density at radius 2 is 0.641 bits per heavy atom. The number of hydrogen-bond donors (Lipinski definition) is 0. The van der Waals surface area contributed by atoms with Crippen molar-refractivity contribution in [3.05, 3.63) is 97.1 Å². The minimum Gasteiger partial charge on any atom is -0.497 e. The Bertz CT molecular complexity index is 1550. The molecule has 7 nitrogen and oxygen atoms in total. The van der Waals surface area contributed by atoms with Gasteiger partial charge in [0.2, 0.25) is 0 Å². The van der Waals surface area contributed by atoms with Gasteiger partial charge in [-0.1, -0.05) is 22.7 Å². The summed E-state index contributed by atoms with van der Waals surface area (Å²) in [5, 5.41) is 20.9. The zero-order valence-electron chi connectivity index (χ0n) is 21.1. The van der Waals surface area contributed by atoms with Crippen molar-refractivity contribution in [2.24, 2.45) is 0 Å². The summed E-state index contributed by atoms with van der Waals surface area (Å²) < 4.78 is 16.5. The van der Waals surface area contributed by atoms with E-state index in [0.29, 0.717) is 0 Å². The lowest BCUT2D eigenvalue weighted by Crippen LogP contribution is -1.85. The van der Waals surface area contributed by atoms with Gasteiger partial charge in [-0.25, -0.2) is 0 Å². The standard InChI is InChI=1S/C30H22N4O3S2/c1-35-23-11-3-19(4-12-23)27-31-33-29(38-27)21-7-15-25(16-8-21)37-26-17-9-22(10-18-26)30-34-32-28(39-30)20-5-13-24(36-2)14-6-20/h3-18H,1-2H3. The van der Waals surface area contributed by atoms with Gasteiger partial charge in [-0.15, -0.1) is 20.4 Å². The van der Waals surface area contributed by atoms with Crippen molar-refractivity contribution in [1.29, 1.82) is 0 Å². The van der Waals surface area contributed by atoms with Crippen LogP contribution in [0.15, 0.2) is 97.1 Å². The van der Waals surface area contributed by atoms with Gasteiger partial charge in [0.25, 0.3) is 0 Å². The van der Waals surface area contributed by atoms with E-state index >= 15 is 0 Å². The summed E-state index contributed by atoms with van der Waals surface area (Å²) in [6.45, 7) is 0. The highest BCUT2D eigenvalue weighted by Gasteiger charge is 2.11. The molecule has 6 aromatic rings. The first kappa shape index (κ1) is 24.7. The van der Waals surface area contributed by atoms with Crippen LogP contribution in [0.1, 0.15) is 0 Å². The van der Waals surface area contributed by atoms with Crippen LogP contribution < -0.4 is 14.2 Å². The number of rotatable bonds is 8. The molecule has 0 radical (unpaired) electrons. The molecule has 0 aliphatic heterocycles. The van der Waals surface area contributed by atoms with E-state index in [1.165, 1.54) is 0 Å². The summed E-state index contributed by atoms with van der Waals surface area (Å²) in [5.41, 5.74) is 3.99. The average molecular weight is 551 g/mol. The predicted octanol–water partition coefficient (Wildman–Crippen LogP) is 7.87. The molecule has 0 amide bonds. The Labute approximate surface area is 233 Å². The Balaban J connectivity index is 1.11. The fourth-order valence-electron chi connectivity index (χ4n) is 3.85. The molecule has 9 heteroatoms. The van der Waals surface area contributed by atoms with Crippen LogP contribution in [0.3, 0.4) is 0 Å². The van der Waals surface area contributed by atoms with Gasteiger partial charge in [-0.05, 0) is 97.1 Å². The van der Waals surface area contributed by atoms with Gasteiger partial charge in [0.1, 0.15) is 43.0 Å². The smallest absolute Gasteiger partial charge is 0.148 e. The second-order valence-electron chi connectivity index (χ2n) is 8.43. The molecule has 2 heterocycles. The fourth-order valence-corrected chi connectivity index (χ4v) is 5.56. The molecule has 0 atom stereocenters. The summed E-state index contributed by atoms with van der Waals surface area (Å²) in [4.78, 5) is 0. The fraction of sp³-hybridized carbons (Fsp3) is 0.0667. The molecule has 0 saturated carbocycles. The van der Waals surface area contributed by atoms with E-state index in [0.717, 1.165) is 65.3 Å². The number of aromatic nitrogens is 4. The molecule has 0 bridgehead atoms. The molecule has 0 spiro atoms. The summed E-state index contributed by atoms with van der Waals surface area (Å²) in [7, 11) is 3.31. The molecule has 2 aromatic heterocycles. The van der Waals surface area contributed by atoms with Gasteiger partial charge >= 0.3 is 0 Å². The van der Waals surface area contributed by atoms with Gasteiger partial charge < -0.3 is 14.2 Å². The largest absolute Gasteiger partial charge is 0.497 e. The molecule has 192 valence electrons. The zero-order valence-corrected chi connectivity index (χ0v) is 22.7. The predicted molar refractivity (Wildman–Crippen MR) is 155 cm³/mol. The summed E-state index contributed by atoms with van der Waals surface area (Å²) in [6, 6.07) is 31.3. The Morgan fingerprint density at radius 1 is 0.385 bits per heavy atom. The van der Waals surface area contributed by atoms with E-state index in [1.807, 2.05) is 97.1 Å². The van der Waals surface area contributed by atoms with Crippen molar-refractivity contribution in [1.82, 2.24) is 20.4 Å². The number of methoxy groups -OCH3 is 2. The quantitative estimate of drug-likeness (QED) is 0.191. The second-order valence-corrected chi connectivity index (χ2v) is 10.4. The van der Waals surface area contributed by atoms with E-state index in [2.05, 4.69) is 20.4 Å². The van der Waals surface area contributed by atoms with E-state index in [-0.39, 0.29) is 0 Å². The van der Waals surface area contributed by atoms with Crippen molar-refractivity contribution in [3.63, 3.8) is 0 Å². The van der Waals surface area contributed by atoms with Crippen LogP contribution in [-0.2, 0) is 0 Å². The van der Waals surface area contributed by atoms with Gasteiger partial charge in [0, 0.05) is 22.3 Å². The average Bonchev–Trinajstić information content (AvgIpc) is 3.69. The van der Waals surface area contributed by atoms with Gasteiger partial charge in [-0.3, -0.25) is 0 Å². The molecule has 39 heavy (non-hydrogen) atoms. The Hall–Kier alpha value is -4.60. The normalized spacial score (nSPS) is 10.8. The van der Waals surface area contributed by atoms with Gasteiger partial charge in [0.15, 0.2) is 0 Å². The van der Waals surface area contributed by atoms with Crippen LogP contribution in [0.2, 0.25) is 0 Å². The number of benzene rings is 4. The lowest BCUT2D eigenvalue weighted by atomic mass is 10.2. The van der Waals surface area contributed by atoms with Crippen LogP contribution in [-0.4, -0.2) is 34.6 Å². The maximum atomic E-state index is 6.06. The molecule has 0 N–H and O–H groups in total. The van der Waals surface area contributed by atoms with Crippen LogP contribution in [0.5, 0.6) is 23.0 Å². The lowest BCUT2D eigenvalue weighted by molar-refractivity contribution is 0.415. The van der Waals surface area contributed by atoms with E-state index in [1.54, 1.807) is 36.9 Å². The molecule has 0 saturated heterocycles. The third-order valence-electron chi connectivity index (χ3n) is 5.96. The van der Waals surface area contributed by atoms with Crippen LogP contribution in [0.25, 0.3) is 42.3 Å². The molecule has 0 aliphatic rings. The molecule has 0 unspecified atom stereocenters. The van der Waals surface area contributed by atoms with E-state index in [4.69, 9.17) is 14.2 Å². The lowest BCUT2D eigenvalue weighted by Gasteiger charge is -2.06.